The maximum atomic E-state index is 13.7. The number of carbonyl (C=O) groups is 1. The Morgan fingerprint density at radius 2 is 1.75 bits per heavy atom. The number of amides is 1. The van der Waals surface area contributed by atoms with Crippen LogP contribution >= 0.6 is 0 Å². The Balaban J connectivity index is 1.62. The van der Waals surface area contributed by atoms with Crippen molar-refractivity contribution in [3.8, 4) is 11.3 Å². The van der Waals surface area contributed by atoms with Crippen LogP contribution < -0.4 is 5.32 Å². The van der Waals surface area contributed by atoms with E-state index < -0.39 is 11.6 Å². The summed E-state index contributed by atoms with van der Waals surface area (Å²) in [5, 5.41) is 3.72. The van der Waals surface area contributed by atoms with Gasteiger partial charge in [0, 0.05) is 54.1 Å². The Bertz CT molecular complexity index is 1370. The highest BCUT2D eigenvalue weighted by atomic mass is 19.1. The molecule has 1 fully saturated rings. The monoisotopic (exact) mass is 488 g/mol. The first-order valence-electron chi connectivity index (χ1n) is 12.6. The van der Waals surface area contributed by atoms with Crippen molar-refractivity contribution in [3.63, 3.8) is 0 Å². The van der Waals surface area contributed by atoms with E-state index >= 15 is 0 Å². The molecule has 3 aromatic heterocycles. The normalized spacial score (nSPS) is 14.1. The molecule has 4 aromatic rings. The lowest BCUT2D eigenvalue weighted by atomic mass is 9.97. The molecular weight excluding hydrogens is 458 g/mol. The molecule has 7 heteroatoms. The first-order chi connectivity index (χ1) is 17.4. The van der Waals surface area contributed by atoms with Crippen LogP contribution in [0.4, 0.5) is 8.78 Å². The van der Waals surface area contributed by atoms with Crippen LogP contribution in [0.1, 0.15) is 67.1 Å². The lowest BCUT2D eigenvalue weighted by Crippen LogP contribution is -2.25. The summed E-state index contributed by atoms with van der Waals surface area (Å²) >= 11 is 0. The van der Waals surface area contributed by atoms with Crippen molar-refractivity contribution in [2.75, 3.05) is 0 Å². The average Bonchev–Trinajstić information content (AvgIpc) is 3.48. The lowest BCUT2D eigenvalue weighted by Gasteiger charge is -2.18. The number of benzene rings is 1. The Kier molecular flexibility index (Phi) is 6.81. The van der Waals surface area contributed by atoms with E-state index in [0.29, 0.717) is 17.0 Å². The van der Waals surface area contributed by atoms with Gasteiger partial charge in [0.05, 0.1) is 11.3 Å². The standard InChI is InChI=1S/C29H30F2N4O/c1-18(2)17-35-27(21-5-3-4-6-21)26(29(36)33-16-19-13-22(30)15-23(31)14-19)24-7-8-25(34-28(24)35)20-9-11-32-12-10-20/h7-15,18,21H,3-6,16-17H2,1-2H3,(H,33,36). The van der Waals surface area contributed by atoms with Crippen LogP contribution in [0.3, 0.4) is 0 Å². The van der Waals surface area contributed by atoms with Crippen LogP contribution in [0.2, 0.25) is 0 Å². The molecule has 3 heterocycles. The minimum atomic E-state index is -0.660. The molecule has 0 radical (unpaired) electrons. The molecule has 5 nitrogen and oxygen atoms in total. The molecule has 1 amide bonds. The van der Waals surface area contributed by atoms with Crippen molar-refractivity contribution in [2.45, 2.75) is 58.5 Å². The number of fused-ring (bicyclic) bond motifs is 1. The molecule has 5 rings (SSSR count). The minimum Gasteiger partial charge on any atom is -0.348 e. The number of pyridine rings is 2. The molecule has 1 saturated carbocycles. The highest BCUT2D eigenvalue weighted by Crippen LogP contribution is 2.40. The average molecular weight is 489 g/mol. The maximum absolute atomic E-state index is 13.7. The van der Waals surface area contributed by atoms with Crippen molar-refractivity contribution >= 4 is 16.9 Å². The molecule has 0 atom stereocenters. The van der Waals surface area contributed by atoms with Gasteiger partial charge < -0.3 is 9.88 Å². The van der Waals surface area contributed by atoms with Crippen molar-refractivity contribution in [1.82, 2.24) is 19.9 Å². The zero-order valence-corrected chi connectivity index (χ0v) is 20.6. The molecular formula is C29H30F2N4O. The maximum Gasteiger partial charge on any atom is 0.254 e. The molecule has 36 heavy (non-hydrogen) atoms. The molecule has 0 saturated heterocycles. The van der Waals surface area contributed by atoms with Gasteiger partial charge >= 0.3 is 0 Å². The first kappa shape index (κ1) is 24.1. The summed E-state index contributed by atoms with van der Waals surface area (Å²) in [4.78, 5) is 22.8. The predicted octanol–water partition coefficient (Wildman–Crippen LogP) is 6.62. The summed E-state index contributed by atoms with van der Waals surface area (Å²) in [7, 11) is 0. The minimum absolute atomic E-state index is 0.0387. The number of halogens is 2. The van der Waals surface area contributed by atoms with E-state index in [2.05, 4.69) is 28.7 Å². The number of aromatic nitrogens is 3. The third-order valence-corrected chi connectivity index (χ3v) is 6.82. The van der Waals surface area contributed by atoms with Gasteiger partial charge in [0.25, 0.3) is 5.91 Å². The van der Waals surface area contributed by atoms with Gasteiger partial charge in [-0.15, -0.1) is 0 Å². The second-order valence-electron chi connectivity index (χ2n) is 10.0. The Labute approximate surface area is 209 Å². The zero-order valence-electron chi connectivity index (χ0n) is 20.6. The molecule has 0 bridgehead atoms. The molecule has 1 N–H and O–H groups in total. The van der Waals surface area contributed by atoms with Crippen LogP contribution in [0, 0.1) is 17.6 Å². The third kappa shape index (κ3) is 4.87. The summed E-state index contributed by atoms with van der Waals surface area (Å²) in [5.74, 6) is -0.930. The summed E-state index contributed by atoms with van der Waals surface area (Å²) in [6.45, 7) is 5.11. The van der Waals surface area contributed by atoms with E-state index in [1.807, 2.05) is 24.3 Å². The van der Waals surface area contributed by atoms with E-state index in [1.54, 1.807) is 12.4 Å². The number of carbonyl (C=O) groups excluding carboxylic acids is 1. The molecule has 0 aliphatic heterocycles. The zero-order chi connectivity index (χ0) is 25.2. The van der Waals surface area contributed by atoms with Crippen molar-refractivity contribution in [2.24, 2.45) is 5.92 Å². The van der Waals surface area contributed by atoms with Crippen LogP contribution in [0.25, 0.3) is 22.3 Å². The van der Waals surface area contributed by atoms with Crippen molar-refractivity contribution in [1.29, 1.82) is 0 Å². The Morgan fingerprint density at radius 3 is 2.42 bits per heavy atom. The largest absolute Gasteiger partial charge is 0.348 e. The molecule has 1 aliphatic carbocycles. The molecule has 1 aromatic carbocycles. The third-order valence-electron chi connectivity index (χ3n) is 6.82. The van der Waals surface area contributed by atoms with Crippen LogP contribution in [0.5, 0.6) is 0 Å². The summed E-state index contributed by atoms with van der Waals surface area (Å²) in [6.07, 6.45) is 7.81. The number of rotatable bonds is 7. The molecule has 186 valence electrons. The quantitative estimate of drug-likeness (QED) is 0.318. The van der Waals surface area contributed by atoms with Crippen LogP contribution in [-0.4, -0.2) is 20.4 Å². The molecule has 0 unspecified atom stereocenters. The van der Waals surface area contributed by atoms with E-state index in [1.165, 1.54) is 12.1 Å². The second kappa shape index (κ2) is 10.2. The topological polar surface area (TPSA) is 59.8 Å². The highest BCUT2D eigenvalue weighted by molar-refractivity contribution is 6.08. The predicted molar refractivity (Wildman–Crippen MR) is 137 cm³/mol. The van der Waals surface area contributed by atoms with Gasteiger partial charge in [-0.05, 0) is 60.7 Å². The summed E-state index contributed by atoms with van der Waals surface area (Å²) in [5.41, 5.74) is 4.62. The fraction of sp³-hybridized carbons (Fsp3) is 0.345. The number of nitrogens with zero attached hydrogens (tertiary/aromatic N) is 3. The van der Waals surface area contributed by atoms with Gasteiger partial charge in [-0.25, -0.2) is 13.8 Å². The van der Waals surface area contributed by atoms with E-state index in [9.17, 15) is 13.6 Å². The smallest absolute Gasteiger partial charge is 0.254 e. The van der Waals surface area contributed by atoms with E-state index in [4.69, 9.17) is 4.98 Å². The van der Waals surface area contributed by atoms with Gasteiger partial charge in [0.15, 0.2) is 0 Å². The van der Waals surface area contributed by atoms with E-state index in [0.717, 1.165) is 66.3 Å². The summed E-state index contributed by atoms with van der Waals surface area (Å²) < 4.78 is 29.6. The van der Waals surface area contributed by atoms with Gasteiger partial charge in [-0.3, -0.25) is 9.78 Å². The van der Waals surface area contributed by atoms with Crippen molar-refractivity contribution in [3.05, 3.63) is 83.3 Å². The second-order valence-corrected chi connectivity index (χ2v) is 10.0. The van der Waals surface area contributed by atoms with Crippen LogP contribution in [-0.2, 0) is 13.1 Å². The van der Waals surface area contributed by atoms with Crippen molar-refractivity contribution < 1.29 is 13.6 Å². The number of hydrogen-bond acceptors (Lipinski definition) is 3. The number of hydrogen-bond donors (Lipinski definition) is 1. The van der Waals surface area contributed by atoms with Gasteiger partial charge in [-0.2, -0.15) is 0 Å². The molecule has 1 aliphatic rings. The Hall–Kier alpha value is -3.61. The highest BCUT2D eigenvalue weighted by Gasteiger charge is 2.31. The fourth-order valence-corrected chi connectivity index (χ4v) is 5.32. The molecule has 0 spiro atoms. The Morgan fingerprint density at radius 1 is 1.06 bits per heavy atom. The van der Waals surface area contributed by atoms with Crippen LogP contribution in [0.15, 0.2) is 54.9 Å². The SMILES string of the molecule is CC(C)Cn1c(C2CCCC2)c(C(=O)NCc2cc(F)cc(F)c2)c2ccc(-c3ccncc3)nc21. The first-order valence-corrected chi connectivity index (χ1v) is 12.6. The van der Waals surface area contributed by atoms with Gasteiger partial charge in [-0.1, -0.05) is 26.7 Å². The lowest BCUT2D eigenvalue weighted by molar-refractivity contribution is 0.0950. The van der Waals surface area contributed by atoms with Gasteiger partial charge in [0.1, 0.15) is 17.3 Å². The summed E-state index contributed by atoms with van der Waals surface area (Å²) in [6, 6.07) is 11.1. The van der Waals surface area contributed by atoms with E-state index in [-0.39, 0.29) is 18.4 Å². The number of nitrogens with one attached hydrogen (secondary N) is 1. The van der Waals surface area contributed by atoms with Gasteiger partial charge in [0.2, 0.25) is 0 Å². The fourth-order valence-electron chi connectivity index (χ4n) is 5.32.